The summed E-state index contributed by atoms with van der Waals surface area (Å²) < 4.78 is 0. The first-order valence-electron chi connectivity index (χ1n) is 0.714. The maximum absolute atomic E-state index is 4.96. The summed E-state index contributed by atoms with van der Waals surface area (Å²) in [6, 6.07) is 0. The van der Waals surface area contributed by atoms with E-state index in [2.05, 4.69) is 46.1 Å². The van der Waals surface area contributed by atoms with Crippen molar-refractivity contribution in [1.82, 2.24) is 0 Å². The second-order valence-corrected chi connectivity index (χ2v) is 9.78. The molecule has 0 N–H and O–H groups in total. The Morgan fingerprint density at radius 3 is 0.889 bits per heavy atom. The van der Waals surface area contributed by atoms with Gasteiger partial charge in [0.1, 0.15) is 0 Å². The predicted molar refractivity (Wildman–Crippen MR) is 86.2 cm³/mol. The van der Waals surface area contributed by atoms with Crippen LogP contribution in [-0.4, -0.2) is 0 Å². The van der Waals surface area contributed by atoms with E-state index in [9.17, 15) is 0 Å². The van der Waals surface area contributed by atoms with Gasteiger partial charge in [-0.1, -0.05) is 7.43 Å². The van der Waals surface area contributed by atoms with Gasteiger partial charge in [-0.2, -0.15) is 0 Å². The van der Waals surface area contributed by atoms with E-state index in [1.54, 1.807) is 21.5 Å². The van der Waals surface area contributed by atoms with Crippen LogP contribution in [-0.2, 0) is 0 Å². The van der Waals surface area contributed by atoms with Crippen LogP contribution in [0.1, 0.15) is 7.43 Å². The van der Waals surface area contributed by atoms with Crippen molar-refractivity contribution in [2.45, 2.75) is 7.43 Å². The summed E-state index contributed by atoms with van der Waals surface area (Å²) in [7, 11) is 19.5. The first-order valence-corrected chi connectivity index (χ1v) is 17.9. The van der Waals surface area contributed by atoms with Crippen LogP contribution in [0.15, 0.2) is 0 Å². The van der Waals surface area contributed by atoms with E-state index < -0.39 is 16.4 Å². The molecular formula is CH4Cl4I4. The Bertz CT molecular complexity index is 17.3. The second-order valence-electron chi connectivity index (χ2n) is 0.162. The van der Waals surface area contributed by atoms with E-state index in [4.69, 9.17) is 26.7 Å². The summed E-state index contributed by atoms with van der Waals surface area (Å²) in [5.74, 6) is 0. The van der Waals surface area contributed by atoms with Crippen LogP contribution in [0.5, 0.6) is 0 Å². The standard InChI is InChI=1S/CH4.Cl3I.ClI.I2/c;1-4(2)3;2*1-2/h1H4;;;. The molecule has 0 fully saturated rings. The van der Waals surface area contributed by atoms with Gasteiger partial charge in [-0.25, -0.2) is 0 Å². The Balaban J connectivity index is -0.0000000221. The second kappa shape index (κ2) is 29.6. The molecule has 0 aromatic rings. The van der Waals surface area contributed by atoms with Crippen molar-refractivity contribution in [1.29, 1.82) is 0 Å². The molecule has 0 aliphatic rings. The molecule has 8 heteroatoms. The molecule has 0 saturated heterocycles. The molecule has 0 aliphatic heterocycles. The summed E-state index contributed by atoms with van der Waals surface area (Å²) in [4.78, 5) is 0. The van der Waals surface area contributed by atoms with Crippen molar-refractivity contribution in [3.63, 3.8) is 0 Å². The third-order valence-electron chi connectivity index (χ3n) is 0. The van der Waals surface area contributed by atoms with Gasteiger partial charge in [-0.15, -0.1) is 0 Å². The Morgan fingerprint density at radius 1 is 0.889 bits per heavy atom. The van der Waals surface area contributed by atoms with E-state index in [1.165, 1.54) is 0 Å². The summed E-state index contributed by atoms with van der Waals surface area (Å²) in [6.45, 7) is 0. The molecular weight excluding hydrogens is 661 g/mol. The van der Waals surface area contributed by atoms with Crippen LogP contribution in [0.3, 0.4) is 0 Å². The minimum absolute atomic E-state index is 0. The normalized spacial score (nSPS) is 6.33. The molecule has 0 heterocycles. The van der Waals surface area contributed by atoms with Crippen molar-refractivity contribution < 1.29 is 0 Å². The molecule has 9 heavy (non-hydrogen) atoms. The van der Waals surface area contributed by atoms with Gasteiger partial charge in [-0.05, 0) is 8.91 Å². The van der Waals surface area contributed by atoms with Gasteiger partial charge in [0.15, 0.2) is 0 Å². The van der Waals surface area contributed by atoms with Crippen LogP contribution in [0.4, 0.5) is 0 Å². The topological polar surface area (TPSA) is 0 Å². The third kappa shape index (κ3) is 73.7. The fourth-order valence-corrected chi connectivity index (χ4v) is 0. The molecule has 0 radical (unpaired) electrons. The molecule has 0 rings (SSSR count). The Labute approximate surface area is 115 Å². The zero-order valence-corrected chi connectivity index (χ0v) is 14.7. The predicted octanol–water partition coefficient (Wildman–Crippen LogP) is 6.94. The van der Waals surface area contributed by atoms with Gasteiger partial charge in [0, 0.05) is 58.7 Å². The molecule has 0 aliphatic carbocycles. The zero-order chi connectivity index (χ0) is 7.58. The number of hydrogen-bond donors (Lipinski definition) is 0. The van der Waals surface area contributed by atoms with Crippen molar-refractivity contribution in [3.05, 3.63) is 0 Å². The molecule has 0 unspecified atom stereocenters. The van der Waals surface area contributed by atoms with Gasteiger partial charge in [0.25, 0.3) is 0 Å². The monoisotopic (exact) mass is 664 g/mol. The minimum Gasteiger partial charge on any atom is 0 e. The first-order chi connectivity index (χ1) is 3.73. The smallest absolute Gasteiger partial charge is 0 e. The number of halogens is 8. The SMILES string of the molecule is C.ClI.ClI(Cl)Cl.II. The molecule has 0 spiro atoms. The Kier molecular flexibility index (Phi) is 76.1. The molecule has 0 aromatic heterocycles. The summed E-state index contributed by atoms with van der Waals surface area (Å²) >= 11 is 4.02. The van der Waals surface area contributed by atoms with Crippen molar-refractivity contribution in [2.24, 2.45) is 0 Å². The third-order valence-corrected chi connectivity index (χ3v) is 0. The zero-order valence-electron chi connectivity index (χ0n) is 3.02. The van der Waals surface area contributed by atoms with Gasteiger partial charge in [0.2, 0.25) is 0 Å². The van der Waals surface area contributed by atoms with Crippen LogP contribution >= 0.6 is 111 Å². The molecule has 0 bridgehead atoms. The van der Waals surface area contributed by atoms with E-state index in [1.807, 2.05) is 0 Å². The van der Waals surface area contributed by atoms with E-state index in [0.29, 0.717) is 0 Å². The summed E-state index contributed by atoms with van der Waals surface area (Å²) in [5.41, 5.74) is 0. The molecule has 0 atom stereocenters. The van der Waals surface area contributed by atoms with Crippen molar-refractivity contribution in [3.8, 4) is 0 Å². The molecule has 64 valence electrons. The van der Waals surface area contributed by atoms with Crippen molar-refractivity contribution >= 4 is 111 Å². The molecule has 0 nitrogen and oxygen atoms in total. The maximum Gasteiger partial charge on any atom is 0 e. The molecule has 0 saturated carbocycles. The van der Waals surface area contributed by atoms with Crippen LogP contribution in [0, 0.1) is 0 Å². The van der Waals surface area contributed by atoms with E-state index in [-0.39, 0.29) is 7.43 Å². The quantitative estimate of drug-likeness (QED) is 0.246. The minimum atomic E-state index is -1.85. The molecule has 0 amide bonds. The number of rotatable bonds is 0. The van der Waals surface area contributed by atoms with Crippen LogP contribution in [0.25, 0.3) is 0 Å². The summed E-state index contributed by atoms with van der Waals surface area (Å²) in [6.07, 6.45) is 0. The number of hydrogen-bond acceptors (Lipinski definition) is 0. The largest absolute Gasteiger partial charge is 0 e. The van der Waals surface area contributed by atoms with Gasteiger partial charge in [-0.3, -0.25) is 0 Å². The van der Waals surface area contributed by atoms with Crippen LogP contribution < -0.4 is 0 Å². The molecule has 0 aromatic carbocycles. The fourth-order valence-electron chi connectivity index (χ4n) is 0. The van der Waals surface area contributed by atoms with E-state index in [0.717, 1.165) is 0 Å². The Morgan fingerprint density at radius 2 is 0.889 bits per heavy atom. The Hall–Kier alpha value is 4.08. The maximum atomic E-state index is 4.96. The van der Waals surface area contributed by atoms with Crippen LogP contribution in [0.2, 0.25) is 0 Å². The fraction of sp³-hybridized carbons (Fsp3) is 1.00. The summed E-state index contributed by atoms with van der Waals surface area (Å²) in [5, 5.41) is 0. The average Bonchev–Trinajstić information content (AvgIpc) is 1.75. The van der Waals surface area contributed by atoms with Gasteiger partial charge in [0.05, 0.1) is 0 Å². The van der Waals surface area contributed by atoms with Gasteiger partial charge < -0.3 is 0 Å². The first kappa shape index (κ1) is 23.2. The van der Waals surface area contributed by atoms with Crippen molar-refractivity contribution in [2.75, 3.05) is 0 Å². The average molecular weight is 665 g/mol. The van der Waals surface area contributed by atoms with Gasteiger partial charge >= 0.3 is 43.2 Å². The van der Waals surface area contributed by atoms with E-state index >= 15 is 0 Å².